The van der Waals surface area contributed by atoms with Gasteiger partial charge in [-0.2, -0.15) is 0 Å². The van der Waals surface area contributed by atoms with Crippen LogP contribution in [0.15, 0.2) is 18.2 Å². The minimum absolute atomic E-state index is 0.256. The first-order valence-corrected chi connectivity index (χ1v) is 5.54. The molecule has 0 fully saturated rings. The third kappa shape index (κ3) is 3.10. The molecule has 0 spiro atoms. The Morgan fingerprint density at radius 2 is 2.18 bits per heavy atom. The predicted octanol–water partition coefficient (Wildman–Crippen LogP) is 0.850. The smallest absolute Gasteiger partial charge is 0.307 e. The number of carbonyl (C=O) groups is 1. The number of benzene rings is 1. The van der Waals surface area contributed by atoms with Crippen LogP contribution in [0.3, 0.4) is 0 Å². The van der Waals surface area contributed by atoms with E-state index in [1.807, 2.05) is 18.2 Å². The summed E-state index contributed by atoms with van der Waals surface area (Å²) in [5.41, 5.74) is 6.29. The molecule has 0 unspecified atom stereocenters. The Balaban J connectivity index is 1.81. The minimum Gasteiger partial charge on any atom is -0.465 e. The normalized spacial score (nSPS) is 12.5. The number of hydrogen-bond acceptors (Lipinski definition) is 5. The van der Waals surface area contributed by atoms with E-state index in [-0.39, 0.29) is 19.2 Å². The first-order valence-electron chi connectivity index (χ1n) is 5.54. The number of nitrogens with two attached hydrogens (primary N) is 1. The quantitative estimate of drug-likeness (QED) is 0.769. The van der Waals surface area contributed by atoms with Crippen molar-refractivity contribution in [2.75, 3.05) is 19.9 Å². The van der Waals surface area contributed by atoms with Gasteiger partial charge < -0.3 is 19.9 Å². The molecule has 1 aromatic rings. The van der Waals surface area contributed by atoms with E-state index in [1.54, 1.807) is 0 Å². The second-order valence-electron chi connectivity index (χ2n) is 3.70. The van der Waals surface area contributed by atoms with E-state index in [2.05, 4.69) is 0 Å². The number of carbonyl (C=O) groups excluding carboxylic acids is 1. The zero-order valence-corrected chi connectivity index (χ0v) is 9.48. The molecule has 0 atom stereocenters. The highest BCUT2D eigenvalue weighted by Crippen LogP contribution is 2.32. The van der Waals surface area contributed by atoms with Crippen molar-refractivity contribution in [1.82, 2.24) is 0 Å². The second kappa shape index (κ2) is 5.54. The van der Waals surface area contributed by atoms with Crippen molar-refractivity contribution >= 4 is 5.97 Å². The molecule has 5 heteroatoms. The summed E-state index contributed by atoms with van der Waals surface area (Å²) in [7, 11) is 0. The van der Waals surface area contributed by atoms with Crippen molar-refractivity contribution < 1.29 is 19.0 Å². The summed E-state index contributed by atoms with van der Waals surface area (Å²) in [5.74, 6) is 1.25. The van der Waals surface area contributed by atoms with E-state index in [9.17, 15) is 4.79 Å². The van der Waals surface area contributed by atoms with E-state index in [0.29, 0.717) is 19.6 Å². The molecular formula is C12H15NO4. The summed E-state index contributed by atoms with van der Waals surface area (Å²) in [5, 5.41) is 0. The van der Waals surface area contributed by atoms with E-state index in [4.69, 9.17) is 19.9 Å². The van der Waals surface area contributed by atoms with Gasteiger partial charge in [-0.3, -0.25) is 4.79 Å². The Bertz CT molecular complexity index is 405. The van der Waals surface area contributed by atoms with Crippen LogP contribution in [-0.2, 0) is 16.0 Å². The summed E-state index contributed by atoms with van der Waals surface area (Å²) in [6.45, 7) is 0.950. The summed E-state index contributed by atoms with van der Waals surface area (Å²) < 4.78 is 15.5. The van der Waals surface area contributed by atoms with Crippen LogP contribution in [0.4, 0.5) is 0 Å². The first kappa shape index (κ1) is 11.7. The van der Waals surface area contributed by atoms with Gasteiger partial charge in [0.2, 0.25) is 6.79 Å². The molecule has 2 rings (SSSR count). The summed E-state index contributed by atoms with van der Waals surface area (Å²) in [4.78, 5) is 11.1. The molecule has 0 saturated carbocycles. The summed E-state index contributed by atoms with van der Waals surface area (Å²) >= 11 is 0. The average molecular weight is 237 g/mol. The largest absolute Gasteiger partial charge is 0.465 e. The molecule has 0 bridgehead atoms. The highest BCUT2D eigenvalue weighted by atomic mass is 16.7. The highest BCUT2D eigenvalue weighted by Gasteiger charge is 2.13. The number of esters is 1. The molecule has 2 N–H and O–H groups in total. The zero-order chi connectivity index (χ0) is 12.1. The second-order valence-corrected chi connectivity index (χ2v) is 3.70. The van der Waals surface area contributed by atoms with Crippen LogP contribution in [0.25, 0.3) is 0 Å². The lowest BCUT2D eigenvalue weighted by atomic mass is 10.1. The van der Waals surface area contributed by atoms with Gasteiger partial charge in [0.25, 0.3) is 0 Å². The lowest BCUT2D eigenvalue weighted by Crippen LogP contribution is -2.12. The van der Waals surface area contributed by atoms with Crippen molar-refractivity contribution in [3.8, 4) is 11.5 Å². The molecule has 1 aromatic carbocycles. The van der Waals surface area contributed by atoms with Gasteiger partial charge in [-0.25, -0.2) is 0 Å². The maximum absolute atomic E-state index is 11.1. The van der Waals surface area contributed by atoms with E-state index in [0.717, 1.165) is 17.1 Å². The topological polar surface area (TPSA) is 70.8 Å². The van der Waals surface area contributed by atoms with Crippen molar-refractivity contribution in [3.63, 3.8) is 0 Å². The molecule has 0 radical (unpaired) electrons. The first-order chi connectivity index (χ1) is 8.29. The fourth-order valence-corrected chi connectivity index (χ4v) is 1.57. The minimum atomic E-state index is -0.256. The van der Waals surface area contributed by atoms with Crippen molar-refractivity contribution in [2.45, 2.75) is 12.8 Å². The molecular weight excluding hydrogens is 222 g/mol. The Kier molecular flexibility index (Phi) is 3.82. The molecule has 92 valence electrons. The fourth-order valence-electron chi connectivity index (χ4n) is 1.57. The lowest BCUT2D eigenvalue weighted by Gasteiger charge is -2.05. The third-order valence-corrected chi connectivity index (χ3v) is 2.44. The number of fused-ring (bicyclic) bond motifs is 1. The molecule has 0 saturated heterocycles. The Morgan fingerprint density at radius 1 is 1.35 bits per heavy atom. The molecule has 5 nitrogen and oxygen atoms in total. The Labute approximate surface area is 99.5 Å². The monoisotopic (exact) mass is 237 g/mol. The molecule has 17 heavy (non-hydrogen) atoms. The molecule has 0 aromatic heterocycles. The van der Waals surface area contributed by atoms with Gasteiger partial charge in [0, 0.05) is 13.0 Å². The van der Waals surface area contributed by atoms with Gasteiger partial charge in [0.15, 0.2) is 11.5 Å². The Morgan fingerprint density at radius 3 is 3.00 bits per heavy atom. The van der Waals surface area contributed by atoms with Gasteiger partial charge in [-0.05, 0) is 17.7 Å². The molecule has 1 heterocycles. The number of rotatable bonds is 5. The highest BCUT2D eigenvalue weighted by molar-refractivity contribution is 5.69. The predicted molar refractivity (Wildman–Crippen MR) is 60.9 cm³/mol. The number of hydrogen-bond donors (Lipinski definition) is 1. The maximum Gasteiger partial charge on any atom is 0.307 e. The van der Waals surface area contributed by atoms with E-state index in [1.165, 1.54) is 0 Å². The van der Waals surface area contributed by atoms with Crippen molar-refractivity contribution in [1.29, 1.82) is 0 Å². The van der Waals surface area contributed by atoms with Crippen LogP contribution in [0.5, 0.6) is 11.5 Å². The summed E-state index contributed by atoms with van der Waals surface area (Å²) in [6.07, 6.45) is 0.925. The van der Waals surface area contributed by atoms with Gasteiger partial charge in [0.1, 0.15) is 0 Å². The van der Waals surface area contributed by atoms with Crippen LogP contribution in [0, 0.1) is 0 Å². The van der Waals surface area contributed by atoms with E-state index < -0.39 is 0 Å². The summed E-state index contributed by atoms with van der Waals surface area (Å²) in [6, 6.07) is 5.70. The van der Waals surface area contributed by atoms with Gasteiger partial charge in [-0.15, -0.1) is 0 Å². The van der Waals surface area contributed by atoms with Crippen LogP contribution < -0.4 is 15.2 Å². The van der Waals surface area contributed by atoms with Gasteiger partial charge >= 0.3 is 5.97 Å². The average Bonchev–Trinajstić information content (AvgIpc) is 2.76. The lowest BCUT2D eigenvalue weighted by molar-refractivity contribution is -0.143. The molecule has 1 aliphatic rings. The van der Waals surface area contributed by atoms with Crippen LogP contribution in [0.2, 0.25) is 0 Å². The van der Waals surface area contributed by atoms with Gasteiger partial charge in [-0.1, -0.05) is 6.07 Å². The third-order valence-electron chi connectivity index (χ3n) is 2.44. The fraction of sp³-hybridized carbons (Fsp3) is 0.417. The van der Waals surface area contributed by atoms with E-state index >= 15 is 0 Å². The van der Waals surface area contributed by atoms with Gasteiger partial charge in [0.05, 0.1) is 13.0 Å². The van der Waals surface area contributed by atoms with Crippen LogP contribution in [-0.4, -0.2) is 25.9 Å². The number of ether oxygens (including phenoxy) is 3. The van der Waals surface area contributed by atoms with Crippen LogP contribution >= 0.6 is 0 Å². The standard InChI is InChI=1S/C12H15NO4/c13-5-3-12(14)15-6-4-9-1-2-10-11(7-9)17-8-16-10/h1-2,7H,3-6,8,13H2. The molecule has 1 aliphatic heterocycles. The molecule has 0 amide bonds. The zero-order valence-electron chi connectivity index (χ0n) is 9.48. The van der Waals surface area contributed by atoms with Crippen molar-refractivity contribution in [3.05, 3.63) is 23.8 Å². The van der Waals surface area contributed by atoms with Crippen molar-refractivity contribution in [2.24, 2.45) is 5.73 Å². The maximum atomic E-state index is 11.1. The Hall–Kier alpha value is -1.75. The molecule has 0 aliphatic carbocycles. The van der Waals surface area contributed by atoms with Crippen LogP contribution in [0.1, 0.15) is 12.0 Å². The SMILES string of the molecule is NCCC(=O)OCCc1ccc2c(c1)OCO2.